The molecule has 0 spiro atoms. The molecule has 7 nitrogen and oxygen atoms in total. The van der Waals surface area contributed by atoms with Crippen molar-refractivity contribution < 1.29 is 19.1 Å². The number of aliphatic carboxylic acids is 1. The van der Waals surface area contributed by atoms with Crippen molar-refractivity contribution >= 4 is 11.9 Å². The molecule has 1 saturated heterocycles. The van der Waals surface area contributed by atoms with Gasteiger partial charge >= 0.3 is 5.97 Å². The molecule has 0 aliphatic carbocycles. The second kappa shape index (κ2) is 7.07. The number of halogens is 1. The van der Waals surface area contributed by atoms with Crippen LogP contribution in [-0.4, -0.2) is 44.8 Å². The van der Waals surface area contributed by atoms with Crippen molar-refractivity contribution in [2.24, 2.45) is 11.8 Å². The first-order valence-corrected chi connectivity index (χ1v) is 8.23. The molecule has 136 valence electrons. The van der Waals surface area contributed by atoms with Gasteiger partial charge in [-0.1, -0.05) is 6.92 Å². The number of piperidine rings is 1. The lowest BCUT2D eigenvalue weighted by Crippen LogP contribution is -2.46. The van der Waals surface area contributed by atoms with Crippen LogP contribution in [0.2, 0.25) is 0 Å². The van der Waals surface area contributed by atoms with Crippen LogP contribution in [0.4, 0.5) is 4.39 Å². The average Bonchev–Trinajstić information content (AvgIpc) is 2.62. The van der Waals surface area contributed by atoms with E-state index in [-0.39, 0.29) is 18.2 Å². The van der Waals surface area contributed by atoms with Gasteiger partial charge in [0, 0.05) is 19.2 Å². The summed E-state index contributed by atoms with van der Waals surface area (Å²) in [5.74, 6) is -2.38. The molecule has 1 aromatic heterocycles. The molecule has 1 N–H and O–H groups in total. The predicted molar refractivity (Wildman–Crippen MR) is 90.6 cm³/mol. The van der Waals surface area contributed by atoms with Crippen LogP contribution in [0.15, 0.2) is 41.2 Å². The molecule has 2 heterocycles. The van der Waals surface area contributed by atoms with Crippen LogP contribution >= 0.6 is 0 Å². The highest BCUT2D eigenvalue weighted by molar-refractivity contribution is 5.92. The zero-order valence-corrected chi connectivity index (χ0v) is 14.1. The second-order valence-corrected chi connectivity index (χ2v) is 6.53. The third-order valence-corrected chi connectivity index (χ3v) is 4.39. The zero-order chi connectivity index (χ0) is 18.8. The quantitative estimate of drug-likeness (QED) is 0.898. The van der Waals surface area contributed by atoms with Gasteiger partial charge in [-0.25, -0.2) is 4.39 Å². The summed E-state index contributed by atoms with van der Waals surface area (Å²) in [6, 6.07) is 7.71. The number of nitrogens with zero attached hydrogens (tertiary/aromatic N) is 3. The lowest BCUT2D eigenvalue weighted by atomic mass is 9.90. The Hall–Kier alpha value is -3.03. The fraction of sp³-hybridized carbons (Fsp3) is 0.333. The second-order valence-electron chi connectivity index (χ2n) is 6.53. The Labute approximate surface area is 148 Å². The van der Waals surface area contributed by atoms with Gasteiger partial charge in [-0.2, -0.15) is 9.78 Å². The van der Waals surface area contributed by atoms with Crippen LogP contribution in [0, 0.1) is 17.7 Å². The minimum Gasteiger partial charge on any atom is -0.481 e. The first-order chi connectivity index (χ1) is 12.3. The number of carboxylic acid groups (broad SMARTS) is 1. The summed E-state index contributed by atoms with van der Waals surface area (Å²) in [6.07, 6.45) is 0.515. The van der Waals surface area contributed by atoms with Crippen LogP contribution < -0.4 is 5.56 Å². The Kier molecular flexibility index (Phi) is 4.83. The third kappa shape index (κ3) is 3.63. The normalized spacial score (nSPS) is 20.0. The van der Waals surface area contributed by atoms with E-state index in [2.05, 4.69) is 5.10 Å². The molecule has 2 aromatic rings. The molecule has 3 rings (SSSR count). The number of carbonyl (C=O) groups is 2. The van der Waals surface area contributed by atoms with Crippen LogP contribution in [0.1, 0.15) is 23.8 Å². The lowest BCUT2D eigenvalue weighted by molar-refractivity contribution is -0.143. The van der Waals surface area contributed by atoms with E-state index in [0.717, 1.165) is 4.68 Å². The van der Waals surface area contributed by atoms with Crippen molar-refractivity contribution in [2.75, 3.05) is 13.1 Å². The third-order valence-electron chi connectivity index (χ3n) is 4.39. The molecule has 26 heavy (non-hydrogen) atoms. The number of aromatic nitrogens is 2. The molecule has 1 aliphatic heterocycles. The maximum Gasteiger partial charge on any atom is 0.308 e. The van der Waals surface area contributed by atoms with Crippen molar-refractivity contribution in [3.63, 3.8) is 0 Å². The monoisotopic (exact) mass is 359 g/mol. The van der Waals surface area contributed by atoms with Gasteiger partial charge < -0.3 is 10.0 Å². The first-order valence-electron chi connectivity index (χ1n) is 8.23. The van der Waals surface area contributed by atoms with Crippen molar-refractivity contribution in [3.05, 3.63) is 58.3 Å². The van der Waals surface area contributed by atoms with E-state index < -0.39 is 29.2 Å². The van der Waals surface area contributed by atoms with Crippen molar-refractivity contribution in [1.29, 1.82) is 0 Å². The van der Waals surface area contributed by atoms with Gasteiger partial charge in [0.05, 0.1) is 11.6 Å². The molecule has 0 bridgehead atoms. The number of hydrogen-bond donors (Lipinski definition) is 1. The van der Waals surface area contributed by atoms with E-state index in [4.69, 9.17) is 0 Å². The Morgan fingerprint density at radius 1 is 1.15 bits per heavy atom. The van der Waals surface area contributed by atoms with Gasteiger partial charge in [0.2, 0.25) is 0 Å². The summed E-state index contributed by atoms with van der Waals surface area (Å²) < 4.78 is 14.1. The standard InChI is InChI=1S/C18H18FN3O4/c1-11-8-12(18(25)26)10-21(9-11)17(24)15-6-7-16(23)22(20-15)14-4-2-13(19)3-5-14/h2-7,11-12H,8-10H2,1H3,(H,25,26). The predicted octanol–water partition coefficient (Wildman–Crippen LogP) is 1.55. The number of carbonyl (C=O) groups excluding carboxylic acids is 1. The van der Waals surface area contributed by atoms with Gasteiger partial charge in [0.1, 0.15) is 11.5 Å². The average molecular weight is 359 g/mol. The molecule has 1 aromatic carbocycles. The van der Waals surface area contributed by atoms with Crippen LogP contribution in [0.25, 0.3) is 5.69 Å². The Morgan fingerprint density at radius 2 is 1.85 bits per heavy atom. The zero-order valence-electron chi connectivity index (χ0n) is 14.1. The van der Waals surface area contributed by atoms with Crippen molar-refractivity contribution in [3.8, 4) is 5.69 Å². The topological polar surface area (TPSA) is 92.5 Å². The fourth-order valence-corrected chi connectivity index (χ4v) is 3.15. The van der Waals surface area contributed by atoms with E-state index in [9.17, 15) is 23.9 Å². The molecular weight excluding hydrogens is 341 g/mol. The van der Waals surface area contributed by atoms with Crippen LogP contribution in [0.5, 0.6) is 0 Å². The van der Waals surface area contributed by atoms with Gasteiger partial charge in [0.25, 0.3) is 11.5 Å². The highest BCUT2D eigenvalue weighted by Gasteiger charge is 2.32. The summed E-state index contributed by atoms with van der Waals surface area (Å²) in [5.41, 5.74) is -0.0859. The van der Waals surface area contributed by atoms with Gasteiger partial charge in [-0.15, -0.1) is 0 Å². The molecule has 0 saturated carbocycles. The number of rotatable bonds is 3. The molecule has 8 heteroatoms. The van der Waals surface area contributed by atoms with E-state index in [1.54, 1.807) is 0 Å². The summed E-state index contributed by atoms with van der Waals surface area (Å²) in [4.78, 5) is 37.6. The number of hydrogen-bond acceptors (Lipinski definition) is 4. The minimum atomic E-state index is -0.932. The molecule has 0 radical (unpaired) electrons. The minimum absolute atomic E-state index is 0.0344. The molecule has 1 fully saturated rings. The van der Waals surface area contributed by atoms with E-state index in [1.165, 1.54) is 41.3 Å². The fourth-order valence-electron chi connectivity index (χ4n) is 3.15. The molecule has 2 atom stereocenters. The number of amides is 1. The molecule has 1 aliphatic rings. The van der Waals surface area contributed by atoms with E-state index >= 15 is 0 Å². The number of benzene rings is 1. The van der Waals surface area contributed by atoms with Crippen molar-refractivity contribution in [2.45, 2.75) is 13.3 Å². The smallest absolute Gasteiger partial charge is 0.308 e. The highest BCUT2D eigenvalue weighted by Crippen LogP contribution is 2.23. The van der Waals surface area contributed by atoms with E-state index in [1.807, 2.05) is 6.92 Å². The number of carboxylic acids is 1. The summed E-state index contributed by atoms with van der Waals surface area (Å²) in [6.45, 7) is 2.43. The van der Waals surface area contributed by atoms with Gasteiger partial charge in [-0.3, -0.25) is 14.4 Å². The van der Waals surface area contributed by atoms with Gasteiger partial charge in [-0.05, 0) is 42.7 Å². The summed E-state index contributed by atoms with van der Waals surface area (Å²) >= 11 is 0. The first kappa shape index (κ1) is 17.8. The maximum atomic E-state index is 13.1. The molecular formula is C18H18FN3O4. The SMILES string of the molecule is CC1CC(C(=O)O)CN(C(=O)c2ccc(=O)n(-c3ccc(F)cc3)n2)C1. The summed E-state index contributed by atoms with van der Waals surface area (Å²) in [7, 11) is 0. The lowest BCUT2D eigenvalue weighted by Gasteiger charge is -2.34. The Bertz CT molecular complexity index is 894. The largest absolute Gasteiger partial charge is 0.481 e. The molecule has 1 amide bonds. The maximum absolute atomic E-state index is 13.1. The number of likely N-dealkylation sites (tertiary alicyclic amines) is 1. The Morgan fingerprint density at radius 3 is 2.50 bits per heavy atom. The van der Waals surface area contributed by atoms with Crippen LogP contribution in [0.3, 0.4) is 0 Å². The molecule has 2 unspecified atom stereocenters. The van der Waals surface area contributed by atoms with E-state index in [0.29, 0.717) is 18.7 Å². The van der Waals surface area contributed by atoms with Crippen LogP contribution in [-0.2, 0) is 4.79 Å². The van der Waals surface area contributed by atoms with Crippen molar-refractivity contribution in [1.82, 2.24) is 14.7 Å². The highest BCUT2D eigenvalue weighted by atomic mass is 19.1. The van der Waals surface area contributed by atoms with Gasteiger partial charge in [0.15, 0.2) is 0 Å². The Balaban J connectivity index is 1.90. The summed E-state index contributed by atoms with van der Waals surface area (Å²) in [5, 5.41) is 13.3.